The van der Waals surface area contributed by atoms with Gasteiger partial charge in [-0.1, -0.05) is 13.0 Å². The third-order valence-electron chi connectivity index (χ3n) is 5.26. The topological polar surface area (TPSA) is 26.3 Å². The fourth-order valence-corrected chi connectivity index (χ4v) is 4.78. The van der Waals surface area contributed by atoms with Gasteiger partial charge in [0.05, 0.1) is 0 Å². The Labute approximate surface area is 97.1 Å². The van der Waals surface area contributed by atoms with Crippen molar-refractivity contribution in [2.45, 2.75) is 44.6 Å². The minimum Gasteiger partial charge on any atom is -0.456 e. The van der Waals surface area contributed by atoms with Gasteiger partial charge in [-0.25, -0.2) is 4.79 Å². The zero-order valence-electron chi connectivity index (χ0n) is 9.95. The number of rotatable bonds is 2. The van der Waals surface area contributed by atoms with E-state index < -0.39 is 0 Å². The summed E-state index contributed by atoms with van der Waals surface area (Å²) in [4.78, 5) is 11.4. The summed E-state index contributed by atoms with van der Waals surface area (Å²) in [5.41, 5.74) is -0.193. The van der Waals surface area contributed by atoms with Gasteiger partial charge in [-0.2, -0.15) is 0 Å². The van der Waals surface area contributed by atoms with Gasteiger partial charge in [0, 0.05) is 12.0 Å². The Balaban J connectivity index is 1.80. The molecule has 2 heteroatoms. The number of fused-ring (bicyclic) bond motifs is 5. The van der Waals surface area contributed by atoms with Gasteiger partial charge in [0.25, 0.3) is 0 Å². The monoisotopic (exact) mass is 220 g/mol. The smallest absolute Gasteiger partial charge is 0.330 e. The predicted octanol–water partition coefficient (Wildman–Crippen LogP) is 2.93. The van der Waals surface area contributed by atoms with Crippen LogP contribution in [0.25, 0.3) is 0 Å². The van der Waals surface area contributed by atoms with Crippen molar-refractivity contribution in [1.82, 2.24) is 0 Å². The van der Waals surface area contributed by atoms with Crippen LogP contribution in [0.2, 0.25) is 0 Å². The summed E-state index contributed by atoms with van der Waals surface area (Å²) in [6.07, 6.45) is 7.82. The summed E-state index contributed by atoms with van der Waals surface area (Å²) in [5.74, 6) is 2.97. The molecule has 88 valence electrons. The molecular formula is C14H20O2. The summed E-state index contributed by atoms with van der Waals surface area (Å²) >= 11 is 0. The Morgan fingerprint density at radius 3 is 2.94 bits per heavy atom. The molecule has 3 aliphatic carbocycles. The second-order valence-corrected chi connectivity index (χ2v) is 6.00. The van der Waals surface area contributed by atoms with Crippen LogP contribution in [0, 0.1) is 23.7 Å². The average molecular weight is 220 g/mol. The van der Waals surface area contributed by atoms with Crippen molar-refractivity contribution in [1.29, 1.82) is 0 Å². The van der Waals surface area contributed by atoms with Gasteiger partial charge < -0.3 is 4.74 Å². The van der Waals surface area contributed by atoms with E-state index in [4.69, 9.17) is 4.74 Å². The first-order valence-corrected chi connectivity index (χ1v) is 6.49. The summed E-state index contributed by atoms with van der Waals surface area (Å²) in [6.45, 7) is 5.62. The Morgan fingerprint density at radius 2 is 2.19 bits per heavy atom. The third-order valence-corrected chi connectivity index (χ3v) is 5.26. The Hall–Kier alpha value is -0.790. The van der Waals surface area contributed by atoms with Gasteiger partial charge in [-0.3, -0.25) is 0 Å². The molecule has 2 nitrogen and oxygen atoms in total. The molecular weight excluding hydrogens is 200 g/mol. The number of ether oxygens (including phenoxy) is 1. The summed E-state index contributed by atoms with van der Waals surface area (Å²) in [6, 6.07) is 0. The molecule has 0 saturated heterocycles. The van der Waals surface area contributed by atoms with Gasteiger partial charge in [0.2, 0.25) is 0 Å². The van der Waals surface area contributed by atoms with E-state index in [0.29, 0.717) is 5.92 Å². The minimum atomic E-state index is -0.246. The lowest BCUT2D eigenvalue weighted by molar-refractivity contribution is -0.160. The molecule has 0 aliphatic heterocycles. The number of carbonyl (C=O) groups is 1. The van der Waals surface area contributed by atoms with Crippen molar-refractivity contribution >= 4 is 5.97 Å². The molecule has 3 saturated carbocycles. The largest absolute Gasteiger partial charge is 0.456 e. The second-order valence-electron chi connectivity index (χ2n) is 6.00. The van der Waals surface area contributed by atoms with Gasteiger partial charge >= 0.3 is 5.97 Å². The SMILES string of the molecule is C=CC(=O)O[C@]1(C)CC2CC1C1CCCC21. The zero-order chi connectivity index (χ0) is 11.3. The molecule has 0 N–H and O–H groups in total. The molecule has 3 rings (SSSR count). The number of hydrogen-bond donors (Lipinski definition) is 0. The molecule has 0 aromatic heterocycles. The maximum atomic E-state index is 11.4. The molecule has 0 spiro atoms. The van der Waals surface area contributed by atoms with Crippen molar-refractivity contribution in [2.75, 3.05) is 0 Å². The van der Waals surface area contributed by atoms with Crippen LogP contribution in [0.15, 0.2) is 12.7 Å². The van der Waals surface area contributed by atoms with Crippen LogP contribution in [-0.2, 0) is 9.53 Å². The molecule has 4 unspecified atom stereocenters. The standard InChI is InChI=1S/C14H20O2/c1-3-13(15)16-14(2)8-9-7-12(14)11-6-4-5-10(9)11/h3,9-12H,1,4-8H2,2H3/t9?,10?,11?,12?,14-/m1/s1. The summed E-state index contributed by atoms with van der Waals surface area (Å²) in [5, 5.41) is 0. The van der Waals surface area contributed by atoms with Crippen molar-refractivity contribution in [3.05, 3.63) is 12.7 Å². The van der Waals surface area contributed by atoms with Gasteiger partial charge in [-0.05, 0) is 50.4 Å². The first-order chi connectivity index (χ1) is 7.64. The average Bonchev–Trinajstić information content (AvgIpc) is 2.86. The highest BCUT2D eigenvalue weighted by Gasteiger charge is 2.60. The van der Waals surface area contributed by atoms with Crippen molar-refractivity contribution in [3.8, 4) is 0 Å². The van der Waals surface area contributed by atoms with E-state index in [1.54, 1.807) is 0 Å². The molecule has 0 aromatic rings. The third kappa shape index (κ3) is 1.28. The first kappa shape index (κ1) is 10.4. The summed E-state index contributed by atoms with van der Waals surface area (Å²) < 4.78 is 5.63. The first-order valence-electron chi connectivity index (χ1n) is 6.49. The van der Waals surface area contributed by atoms with Crippen LogP contribution in [-0.4, -0.2) is 11.6 Å². The highest BCUT2D eigenvalue weighted by molar-refractivity contribution is 5.81. The second kappa shape index (κ2) is 3.35. The normalized spacial score (nSPS) is 49.1. The lowest BCUT2D eigenvalue weighted by Gasteiger charge is -2.39. The van der Waals surface area contributed by atoms with E-state index in [9.17, 15) is 4.79 Å². The van der Waals surface area contributed by atoms with Crippen LogP contribution in [0.5, 0.6) is 0 Å². The highest BCUT2D eigenvalue weighted by atomic mass is 16.6. The molecule has 16 heavy (non-hydrogen) atoms. The van der Waals surface area contributed by atoms with Gasteiger partial charge in [0.1, 0.15) is 5.60 Å². The fraction of sp³-hybridized carbons (Fsp3) is 0.786. The van der Waals surface area contributed by atoms with E-state index in [-0.39, 0.29) is 11.6 Å². The Bertz CT molecular complexity index is 336. The molecule has 2 bridgehead atoms. The zero-order valence-corrected chi connectivity index (χ0v) is 9.95. The van der Waals surface area contributed by atoms with Crippen LogP contribution in [0.3, 0.4) is 0 Å². The Kier molecular flexibility index (Phi) is 2.17. The van der Waals surface area contributed by atoms with E-state index in [1.807, 2.05) is 0 Å². The minimum absolute atomic E-state index is 0.193. The van der Waals surface area contributed by atoms with Crippen LogP contribution < -0.4 is 0 Å². The quantitative estimate of drug-likeness (QED) is 0.528. The van der Waals surface area contributed by atoms with E-state index in [1.165, 1.54) is 31.8 Å². The van der Waals surface area contributed by atoms with E-state index in [2.05, 4.69) is 13.5 Å². The number of hydrogen-bond acceptors (Lipinski definition) is 2. The maximum Gasteiger partial charge on any atom is 0.330 e. The van der Waals surface area contributed by atoms with Crippen molar-refractivity contribution < 1.29 is 9.53 Å². The van der Waals surface area contributed by atoms with E-state index in [0.717, 1.165) is 24.2 Å². The van der Waals surface area contributed by atoms with Gasteiger partial charge in [-0.15, -0.1) is 0 Å². The molecule has 5 atom stereocenters. The molecule has 3 fully saturated rings. The lowest BCUT2D eigenvalue weighted by atomic mass is 9.73. The van der Waals surface area contributed by atoms with E-state index >= 15 is 0 Å². The number of carbonyl (C=O) groups excluding carboxylic acids is 1. The van der Waals surface area contributed by atoms with Crippen molar-refractivity contribution in [2.24, 2.45) is 23.7 Å². The van der Waals surface area contributed by atoms with Crippen LogP contribution in [0.1, 0.15) is 39.0 Å². The number of esters is 1. The fourth-order valence-electron chi connectivity index (χ4n) is 4.78. The molecule has 0 radical (unpaired) electrons. The Morgan fingerprint density at radius 1 is 1.44 bits per heavy atom. The molecule has 0 aromatic carbocycles. The van der Waals surface area contributed by atoms with Crippen molar-refractivity contribution in [3.63, 3.8) is 0 Å². The van der Waals surface area contributed by atoms with Crippen LogP contribution >= 0.6 is 0 Å². The molecule has 0 heterocycles. The highest BCUT2D eigenvalue weighted by Crippen LogP contribution is 2.63. The summed E-state index contributed by atoms with van der Waals surface area (Å²) in [7, 11) is 0. The molecule has 0 amide bonds. The van der Waals surface area contributed by atoms with Crippen LogP contribution in [0.4, 0.5) is 0 Å². The lowest BCUT2D eigenvalue weighted by Crippen LogP contribution is -2.42. The maximum absolute atomic E-state index is 11.4. The molecule has 3 aliphatic rings. The van der Waals surface area contributed by atoms with Gasteiger partial charge in [0.15, 0.2) is 0 Å². The predicted molar refractivity (Wildman–Crippen MR) is 61.7 cm³/mol.